The number of anilines is 1. The first-order valence-electron chi connectivity index (χ1n) is 6.65. The summed E-state index contributed by atoms with van der Waals surface area (Å²) in [6.45, 7) is 2.98. The standard InChI is InChI=1S/C13H19N5O3/c1-9(19)21-7-10(6-20-2)3-4-18-8-16-12-11(18)5-15-13(14)17-12/h5,8,10H,3-4,6-7H2,1-2H3,(H2,14,15,17). The normalized spacial score (nSPS) is 12.5. The van der Waals surface area contributed by atoms with Gasteiger partial charge in [0.1, 0.15) is 5.52 Å². The summed E-state index contributed by atoms with van der Waals surface area (Å²) in [4.78, 5) is 23.1. The van der Waals surface area contributed by atoms with E-state index in [4.69, 9.17) is 15.2 Å². The molecule has 0 amide bonds. The van der Waals surface area contributed by atoms with Crippen LogP contribution in [0.4, 0.5) is 5.95 Å². The molecule has 2 heterocycles. The van der Waals surface area contributed by atoms with Crippen LogP contribution >= 0.6 is 0 Å². The maximum Gasteiger partial charge on any atom is 0.302 e. The number of esters is 1. The van der Waals surface area contributed by atoms with Crippen molar-refractivity contribution in [3.8, 4) is 0 Å². The monoisotopic (exact) mass is 293 g/mol. The molecule has 8 nitrogen and oxygen atoms in total. The molecule has 0 aliphatic carbocycles. The van der Waals surface area contributed by atoms with Crippen LogP contribution in [0.5, 0.6) is 0 Å². The van der Waals surface area contributed by atoms with Gasteiger partial charge in [0.25, 0.3) is 0 Å². The molecule has 0 saturated carbocycles. The van der Waals surface area contributed by atoms with Gasteiger partial charge in [-0.1, -0.05) is 0 Å². The molecule has 114 valence electrons. The Balaban J connectivity index is 1.99. The van der Waals surface area contributed by atoms with E-state index in [-0.39, 0.29) is 17.8 Å². The van der Waals surface area contributed by atoms with Gasteiger partial charge in [-0.3, -0.25) is 4.79 Å². The fourth-order valence-corrected chi connectivity index (χ4v) is 2.05. The molecule has 0 aliphatic rings. The maximum atomic E-state index is 10.9. The van der Waals surface area contributed by atoms with Crippen molar-refractivity contribution in [2.45, 2.75) is 19.9 Å². The zero-order chi connectivity index (χ0) is 15.2. The number of hydrogen-bond acceptors (Lipinski definition) is 7. The first-order chi connectivity index (χ1) is 10.1. The van der Waals surface area contributed by atoms with Crippen molar-refractivity contribution in [2.24, 2.45) is 5.92 Å². The van der Waals surface area contributed by atoms with Gasteiger partial charge in [-0.25, -0.2) is 9.97 Å². The van der Waals surface area contributed by atoms with E-state index in [1.807, 2.05) is 4.57 Å². The van der Waals surface area contributed by atoms with Crippen LogP contribution in [0.15, 0.2) is 12.5 Å². The molecular formula is C13H19N5O3. The number of aromatic nitrogens is 4. The molecule has 0 aromatic carbocycles. The van der Waals surface area contributed by atoms with Gasteiger partial charge in [-0.15, -0.1) is 0 Å². The number of fused-ring (bicyclic) bond motifs is 1. The minimum absolute atomic E-state index is 0.131. The third-order valence-electron chi connectivity index (χ3n) is 3.10. The molecule has 0 saturated heterocycles. The Labute approximate surface area is 122 Å². The van der Waals surface area contributed by atoms with Crippen molar-refractivity contribution in [3.63, 3.8) is 0 Å². The Morgan fingerprint density at radius 1 is 1.43 bits per heavy atom. The number of hydrogen-bond donors (Lipinski definition) is 1. The summed E-state index contributed by atoms with van der Waals surface area (Å²) in [5.41, 5.74) is 6.93. The predicted molar refractivity (Wildman–Crippen MR) is 76.4 cm³/mol. The maximum absolute atomic E-state index is 10.9. The number of nitrogens with zero attached hydrogens (tertiary/aromatic N) is 4. The highest BCUT2D eigenvalue weighted by atomic mass is 16.5. The van der Waals surface area contributed by atoms with Gasteiger partial charge < -0.3 is 19.8 Å². The second-order valence-corrected chi connectivity index (χ2v) is 4.79. The molecule has 2 N–H and O–H groups in total. The molecule has 0 spiro atoms. The van der Waals surface area contributed by atoms with E-state index < -0.39 is 0 Å². The van der Waals surface area contributed by atoms with E-state index in [1.54, 1.807) is 19.6 Å². The highest BCUT2D eigenvalue weighted by Gasteiger charge is 2.12. The van der Waals surface area contributed by atoms with Crippen LogP contribution in [-0.2, 0) is 20.8 Å². The summed E-state index contributed by atoms with van der Waals surface area (Å²) in [5.74, 6) is 0.0546. The molecule has 0 fully saturated rings. The van der Waals surface area contributed by atoms with E-state index in [0.29, 0.717) is 25.4 Å². The zero-order valence-electron chi connectivity index (χ0n) is 12.2. The summed E-state index contributed by atoms with van der Waals surface area (Å²) < 4.78 is 12.1. The summed E-state index contributed by atoms with van der Waals surface area (Å²) >= 11 is 0. The van der Waals surface area contributed by atoms with E-state index in [0.717, 1.165) is 11.9 Å². The summed E-state index contributed by atoms with van der Waals surface area (Å²) in [6.07, 6.45) is 4.15. The second kappa shape index (κ2) is 6.98. The lowest BCUT2D eigenvalue weighted by Crippen LogP contribution is -2.19. The number of rotatable bonds is 7. The van der Waals surface area contributed by atoms with Gasteiger partial charge in [-0.2, -0.15) is 4.98 Å². The van der Waals surface area contributed by atoms with Crippen molar-refractivity contribution in [3.05, 3.63) is 12.5 Å². The molecular weight excluding hydrogens is 274 g/mol. The van der Waals surface area contributed by atoms with Gasteiger partial charge >= 0.3 is 5.97 Å². The van der Waals surface area contributed by atoms with Gasteiger partial charge in [0.2, 0.25) is 5.95 Å². The van der Waals surface area contributed by atoms with Gasteiger partial charge in [0, 0.05) is 26.5 Å². The smallest absolute Gasteiger partial charge is 0.302 e. The van der Waals surface area contributed by atoms with Crippen molar-refractivity contribution in [2.75, 3.05) is 26.1 Å². The Kier molecular flexibility index (Phi) is 5.04. The quantitative estimate of drug-likeness (QED) is 0.746. The van der Waals surface area contributed by atoms with Crippen LogP contribution in [0.3, 0.4) is 0 Å². The number of ether oxygens (including phenoxy) is 2. The summed E-state index contributed by atoms with van der Waals surface area (Å²) in [6, 6.07) is 0. The first kappa shape index (κ1) is 15.2. The lowest BCUT2D eigenvalue weighted by atomic mass is 10.1. The number of aryl methyl sites for hydroxylation is 1. The van der Waals surface area contributed by atoms with E-state index in [1.165, 1.54) is 6.92 Å². The van der Waals surface area contributed by atoms with Crippen LogP contribution in [-0.4, -0.2) is 45.8 Å². The summed E-state index contributed by atoms with van der Waals surface area (Å²) in [7, 11) is 1.63. The average molecular weight is 293 g/mol. The molecule has 2 rings (SSSR count). The number of imidazole rings is 1. The Hall–Kier alpha value is -2.22. The number of carbonyl (C=O) groups is 1. The van der Waals surface area contributed by atoms with Crippen LogP contribution in [0.25, 0.3) is 11.2 Å². The molecule has 8 heteroatoms. The molecule has 2 aromatic rings. The lowest BCUT2D eigenvalue weighted by Gasteiger charge is -2.16. The molecule has 2 aromatic heterocycles. The van der Waals surface area contributed by atoms with Crippen LogP contribution in [0.1, 0.15) is 13.3 Å². The lowest BCUT2D eigenvalue weighted by molar-refractivity contribution is -0.142. The summed E-state index contributed by atoms with van der Waals surface area (Å²) in [5, 5.41) is 0. The molecule has 0 aliphatic heterocycles. The molecule has 0 radical (unpaired) electrons. The van der Waals surface area contributed by atoms with Gasteiger partial charge in [0.05, 0.1) is 25.7 Å². The van der Waals surface area contributed by atoms with Gasteiger partial charge in [0.15, 0.2) is 5.65 Å². The van der Waals surface area contributed by atoms with Crippen molar-refractivity contribution < 1.29 is 14.3 Å². The van der Waals surface area contributed by atoms with Crippen LogP contribution in [0.2, 0.25) is 0 Å². The highest BCUT2D eigenvalue weighted by Crippen LogP contribution is 2.13. The zero-order valence-corrected chi connectivity index (χ0v) is 12.2. The molecule has 0 bridgehead atoms. The largest absolute Gasteiger partial charge is 0.465 e. The second-order valence-electron chi connectivity index (χ2n) is 4.79. The molecule has 1 atom stereocenters. The SMILES string of the molecule is COCC(CCn1cnc2nc(N)ncc21)COC(C)=O. The number of nitrogen functional groups attached to an aromatic ring is 1. The van der Waals surface area contributed by atoms with Crippen LogP contribution < -0.4 is 5.73 Å². The van der Waals surface area contributed by atoms with Gasteiger partial charge in [-0.05, 0) is 6.42 Å². The first-order valence-corrected chi connectivity index (χ1v) is 6.65. The average Bonchev–Trinajstić information content (AvgIpc) is 2.84. The molecule has 1 unspecified atom stereocenters. The highest BCUT2D eigenvalue weighted by molar-refractivity contribution is 5.70. The van der Waals surface area contributed by atoms with E-state index in [9.17, 15) is 4.79 Å². The Morgan fingerprint density at radius 2 is 2.24 bits per heavy atom. The topological polar surface area (TPSA) is 105 Å². The fraction of sp³-hybridized carbons (Fsp3) is 0.538. The van der Waals surface area contributed by atoms with Crippen molar-refractivity contribution in [1.29, 1.82) is 0 Å². The van der Waals surface area contributed by atoms with Crippen molar-refractivity contribution in [1.82, 2.24) is 19.5 Å². The van der Waals surface area contributed by atoms with E-state index >= 15 is 0 Å². The number of methoxy groups -OCH3 is 1. The van der Waals surface area contributed by atoms with Crippen LogP contribution in [0, 0.1) is 5.92 Å². The third-order valence-corrected chi connectivity index (χ3v) is 3.10. The number of carbonyl (C=O) groups excluding carboxylic acids is 1. The van der Waals surface area contributed by atoms with E-state index in [2.05, 4.69) is 15.0 Å². The predicted octanol–water partition coefficient (Wildman–Crippen LogP) is 0.624. The Morgan fingerprint density at radius 3 is 2.95 bits per heavy atom. The minimum atomic E-state index is -0.284. The minimum Gasteiger partial charge on any atom is -0.465 e. The molecule has 21 heavy (non-hydrogen) atoms. The fourth-order valence-electron chi connectivity index (χ4n) is 2.05. The third kappa shape index (κ3) is 4.12. The number of nitrogens with two attached hydrogens (primary N) is 1. The van der Waals surface area contributed by atoms with Crippen molar-refractivity contribution >= 4 is 23.1 Å². The Bertz CT molecular complexity index is 613.